The van der Waals surface area contributed by atoms with Gasteiger partial charge in [-0.2, -0.15) is 0 Å². The summed E-state index contributed by atoms with van der Waals surface area (Å²) in [6, 6.07) is 14.3. The lowest BCUT2D eigenvalue weighted by atomic mass is 9.75. The highest BCUT2D eigenvalue weighted by molar-refractivity contribution is 6.24. The van der Waals surface area contributed by atoms with Gasteiger partial charge in [0.25, 0.3) is 0 Å². The summed E-state index contributed by atoms with van der Waals surface area (Å²) in [5, 5.41) is 13.6. The van der Waals surface area contributed by atoms with Gasteiger partial charge in [0.2, 0.25) is 11.8 Å². The fourth-order valence-electron chi connectivity index (χ4n) is 5.37. The first-order valence-electron chi connectivity index (χ1n) is 10.7. The van der Waals surface area contributed by atoms with Gasteiger partial charge < -0.3 is 5.11 Å². The largest absolute Gasteiger partial charge is 0.480 e. The van der Waals surface area contributed by atoms with Crippen LogP contribution in [0.3, 0.4) is 0 Å². The first kappa shape index (κ1) is 21.2. The van der Waals surface area contributed by atoms with Gasteiger partial charge in [0.1, 0.15) is 5.54 Å². The van der Waals surface area contributed by atoms with Crippen molar-refractivity contribution in [1.82, 2.24) is 5.32 Å². The Hall–Kier alpha value is -2.99. The van der Waals surface area contributed by atoms with Gasteiger partial charge in [0, 0.05) is 6.04 Å². The van der Waals surface area contributed by atoms with E-state index in [1.807, 2.05) is 64.1 Å². The lowest BCUT2D eigenvalue weighted by Crippen LogP contribution is -2.56. The number of aryl methyl sites for hydroxylation is 2. The first-order chi connectivity index (χ1) is 14.7. The number of fused-ring (bicyclic) bond motifs is 1. The molecule has 2 saturated heterocycles. The van der Waals surface area contributed by atoms with Crippen molar-refractivity contribution in [3.8, 4) is 0 Å². The molecule has 31 heavy (non-hydrogen) atoms. The number of anilines is 1. The third kappa shape index (κ3) is 3.17. The number of imide groups is 1. The van der Waals surface area contributed by atoms with E-state index in [-0.39, 0.29) is 18.2 Å². The van der Waals surface area contributed by atoms with E-state index >= 15 is 0 Å². The van der Waals surface area contributed by atoms with Crippen LogP contribution in [0.15, 0.2) is 48.5 Å². The average molecular weight is 421 g/mol. The van der Waals surface area contributed by atoms with Crippen LogP contribution in [0.25, 0.3) is 0 Å². The van der Waals surface area contributed by atoms with Gasteiger partial charge >= 0.3 is 5.97 Å². The van der Waals surface area contributed by atoms with Crippen LogP contribution in [0, 0.1) is 31.6 Å². The summed E-state index contributed by atoms with van der Waals surface area (Å²) >= 11 is 0. The van der Waals surface area contributed by atoms with Crippen molar-refractivity contribution in [2.45, 2.75) is 45.7 Å². The van der Waals surface area contributed by atoms with Crippen molar-refractivity contribution >= 4 is 23.5 Å². The Bertz CT molecular complexity index is 1060. The molecule has 2 aromatic carbocycles. The lowest BCUT2D eigenvalue weighted by molar-refractivity contribution is -0.149. The Morgan fingerprint density at radius 2 is 1.65 bits per heavy atom. The molecular formula is C25H28N2O4. The molecule has 2 heterocycles. The molecule has 6 nitrogen and oxygen atoms in total. The fraction of sp³-hybridized carbons (Fsp3) is 0.400. The molecule has 6 heteroatoms. The minimum Gasteiger partial charge on any atom is -0.480 e. The molecule has 2 N–H and O–H groups in total. The standard InChI is InChI=1S/C25H28N2O4/c1-14(2)13-25(24(30)31)20-19(21(26-25)17-11-7-5-9-15(17)3)22(28)27(23(20)29)18-12-8-6-10-16(18)4/h5-12,14,19-21,26H,13H2,1-4H3,(H,30,31). The van der Waals surface area contributed by atoms with E-state index in [4.69, 9.17) is 0 Å². The molecular weight excluding hydrogens is 392 g/mol. The van der Waals surface area contributed by atoms with Crippen LogP contribution in [-0.4, -0.2) is 28.4 Å². The Morgan fingerprint density at radius 3 is 2.23 bits per heavy atom. The maximum absolute atomic E-state index is 13.7. The Kier molecular flexibility index (Phi) is 5.21. The van der Waals surface area contributed by atoms with Crippen LogP contribution < -0.4 is 10.2 Å². The molecule has 4 rings (SSSR count). The number of para-hydroxylation sites is 1. The van der Waals surface area contributed by atoms with Crippen molar-refractivity contribution in [3.63, 3.8) is 0 Å². The molecule has 2 aliphatic heterocycles. The normalized spacial score (nSPS) is 27.8. The molecule has 0 aromatic heterocycles. The minimum absolute atomic E-state index is 0.0234. The van der Waals surface area contributed by atoms with Gasteiger partial charge in [-0.05, 0) is 48.9 Å². The summed E-state index contributed by atoms with van der Waals surface area (Å²) in [6.45, 7) is 7.65. The number of carbonyl (C=O) groups is 3. The van der Waals surface area contributed by atoms with Crippen molar-refractivity contribution in [1.29, 1.82) is 0 Å². The molecule has 0 spiro atoms. The second-order valence-corrected chi connectivity index (χ2v) is 9.15. The van der Waals surface area contributed by atoms with E-state index in [1.54, 1.807) is 12.1 Å². The quantitative estimate of drug-likeness (QED) is 0.722. The number of carbonyl (C=O) groups excluding carboxylic acids is 2. The van der Waals surface area contributed by atoms with Crippen LogP contribution in [0.5, 0.6) is 0 Å². The summed E-state index contributed by atoms with van der Waals surface area (Å²) in [6.07, 6.45) is 0.256. The molecule has 2 aromatic rings. The van der Waals surface area contributed by atoms with E-state index in [0.717, 1.165) is 16.7 Å². The molecule has 2 aliphatic rings. The summed E-state index contributed by atoms with van der Waals surface area (Å²) in [7, 11) is 0. The Balaban J connectivity index is 1.91. The highest BCUT2D eigenvalue weighted by atomic mass is 16.4. The number of nitrogens with zero attached hydrogens (tertiary/aromatic N) is 1. The Labute approximate surface area is 182 Å². The van der Waals surface area contributed by atoms with Gasteiger partial charge in [-0.25, -0.2) is 4.90 Å². The number of hydrogen-bond donors (Lipinski definition) is 2. The number of carboxylic acids is 1. The minimum atomic E-state index is -1.50. The van der Waals surface area contributed by atoms with Gasteiger partial charge in [-0.3, -0.25) is 19.7 Å². The predicted molar refractivity (Wildman–Crippen MR) is 118 cm³/mol. The number of amides is 2. The van der Waals surface area contributed by atoms with Crippen LogP contribution in [0.4, 0.5) is 5.69 Å². The van der Waals surface area contributed by atoms with Crippen molar-refractivity contribution in [3.05, 3.63) is 65.2 Å². The van der Waals surface area contributed by atoms with Crippen molar-refractivity contribution in [2.75, 3.05) is 4.90 Å². The first-order valence-corrected chi connectivity index (χ1v) is 10.7. The third-order valence-electron chi connectivity index (χ3n) is 6.65. The maximum atomic E-state index is 13.7. The zero-order valence-electron chi connectivity index (χ0n) is 18.3. The zero-order valence-corrected chi connectivity index (χ0v) is 18.3. The molecule has 4 atom stereocenters. The summed E-state index contributed by atoms with van der Waals surface area (Å²) in [4.78, 5) is 41.3. The third-order valence-corrected chi connectivity index (χ3v) is 6.65. The highest BCUT2D eigenvalue weighted by Gasteiger charge is 2.68. The second kappa shape index (κ2) is 7.61. The number of benzene rings is 2. The summed E-state index contributed by atoms with van der Waals surface area (Å²) in [5.74, 6) is -3.57. The van der Waals surface area contributed by atoms with Crippen molar-refractivity contribution < 1.29 is 19.5 Å². The summed E-state index contributed by atoms with van der Waals surface area (Å²) in [5.41, 5.74) is 1.64. The number of rotatable bonds is 5. The Morgan fingerprint density at radius 1 is 1.03 bits per heavy atom. The SMILES string of the molecule is Cc1ccccc1C1NC(CC(C)C)(C(=O)O)C2C(=O)N(c3ccccc3C)C(=O)C12. The van der Waals surface area contributed by atoms with Crippen LogP contribution in [0.2, 0.25) is 0 Å². The molecule has 0 saturated carbocycles. The topological polar surface area (TPSA) is 86.7 Å². The lowest BCUT2D eigenvalue weighted by Gasteiger charge is -2.33. The fourth-order valence-corrected chi connectivity index (χ4v) is 5.37. The number of carboxylic acid groups (broad SMARTS) is 1. The number of aliphatic carboxylic acids is 1. The molecule has 2 amide bonds. The van der Waals surface area contributed by atoms with Gasteiger partial charge in [-0.15, -0.1) is 0 Å². The van der Waals surface area contributed by atoms with Crippen molar-refractivity contribution in [2.24, 2.45) is 17.8 Å². The molecule has 2 fully saturated rings. The van der Waals surface area contributed by atoms with E-state index in [2.05, 4.69) is 5.32 Å². The molecule has 0 aliphatic carbocycles. The number of nitrogens with one attached hydrogen (secondary N) is 1. The van der Waals surface area contributed by atoms with Crippen LogP contribution >= 0.6 is 0 Å². The second-order valence-electron chi connectivity index (χ2n) is 9.15. The smallest absolute Gasteiger partial charge is 0.324 e. The average Bonchev–Trinajstić information content (AvgIpc) is 3.17. The molecule has 4 unspecified atom stereocenters. The van der Waals surface area contributed by atoms with Crippen LogP contribution in [0.1, 0.15) is 43.0 Å². The van der Waals surface area contributed by atoms with E-state index in [9.17, 15) is 19.5 Å². The van der Waals surface area contributed by atoms with Gasteiger partial charge in [0.15, 0.2) is 0 Å². The molecule has 0 radical (unpaired) electrons. The zero-order chi connectivity index (χ0) is 22.5. The number of hydrogen-bond acceptors (Lipinski definition) is 4. The summed E-state index contributed by atoms with van der Waals surface area (Å²) < 4.78 is 0. The monoisotopic (exact) mass is 420 g/mol. The van der Waals surface area contributed by atoms with E-state index < -0.39 is 35.3 Å². The maximum Gasteiger partial charge on any atom is 0.324 e. The molecule has 162 valence electrons. The highest BCUT2D eigenvalue weighted by Crippen LogP contribution is 2.52. The van der Waals surface area contributed by atoms with E-state index in [0.29, 0.717) is 5.69 Å². The molecule has 0 bridgehead atoms. The predicted octanol–water partition coefficient (Wildman–Crippen LogP) is 3.62. The van der Waals surface area contributed by atoms with Gasteiger partial charge in [0.05, 0.1) is 17.5 Å². The van der Waals surface area contributed by atoms with Gasteiger partial charge in [-0.1, -0.05) is 56.3 Å². The van der Waals surface area contributed by atoms with Crippen LogP contribution in [-0.2, 0) is 14.4 Å². The van der Waals surface area contributed by atoms with E-state index in [1.165, 1.54) is 4.90 Å².